The highest BCUT2D eigenvalue weighted by molar-refractivity contribution is 6.38. The van der Waals surface area contributed by atoms with Gasteiger partial charge in [-0.2, -0.15) is 8.78 Å². The molecule has 4 atom stereocenters. The van der Waals surface area contributed by atoms with Crippen LogP contribution in [0.25, 0.3) is 0 Å². The van der Waals surface area contributed by atoms with Gasteiger partial charge in [0.15, 0.2) is 5.75 Å². The van der Waals surface area contributed by atoms with Crippen LogP contribution in [0, 0.1) is 11.8 Å². The molecule has 214 valence electrons. The normalized spacial score (nSPS) is 26.6. The molecule has 2 amide bonds. The van der Waals surface area contributed by atoms with Gasteiger partial charge in [0, 0.05) is 35.8 Å². The maximum Gasteiger partial charge on any atom is 0.387 e. The molecule has 2 aromatic rings. The van der Waals surface area contributed by atoms with E-state index in [1.165, 1.54) is 19.2 Å². The zero-order chi connectivity index (χ0) is 29.5. The van der Waals surface area contributed by atoms with Crippen LogP contribution in [-0.2, 0) is 19.9 Å². The lowest BCUT2D eigenvalue weighted by Crippen LogP contribution is -2.54. The summed E-state index contributed by atoms with van der Waals surface area (Å²) in [5.41, 5.74) is -2.34. The highest BCUT2D eigenvalue weighted by Gasteiger charge is 2.74. The lowest BCUT2D eigenvalue weighted by Gasteiger charge is -2.36. The first-order valence-corrected chi connectivity index (χ1v) is 13.0. The first kappa shape index (κ1) is 29.0. The molecule has 2 aromatic carbocycles. The summed E-state index contributed by atoms with van der Waals surface area (Å²) < 4.78 is 59.6. The quantitative estimate of drug-likeness (QED) is 0.402. The van der Waals surface area contributed by atoms with Crippen LogP contribution in [0.5, 0.6) is 5.75 Å². The van der Waals surface area contributed by atoms with Gasteiger partial charge in [-0.1, -0.05) is 46.4 Å². The van der Waals surface area contributed by atoms with Crippen molar-refractivity contribution in [3.63, 3.8) is 0 Å². The number of ether oxygens (including phenoxy) is 1. The monoisotopic (exact) mass is 643 g/mol. The van der Waals surface area contributed by atoms with Gasteiger partial charge in [0.2, 0.25) is 5.91 Å². The highest BCUT2D eigenvalue weighted by atomic mass is 35.5. The van der Waals surface area contributed by atoms with E-state index in [0.717, 1.165) is 21.9 Å². The van der Waals surface area contributed by atoms with Crippen molar-refractivity contribution in [2.75, 3.05) is 23.8 Å². The Morgan fingerprint density at radius 2 is 1.75 bits per heavy atom. The largest absolute Gasteiger partial charge is 0.481 e. The molecule has 3 aliphatic rings. The third kappa shape index (κ3) is 4.27. The third-order valence-corrected chi connectivity index (χ3v) is 8.57. The number of hydrogen-bond acceptors (Lipinski definition) is 5. The summed E-state index contributed by atoms with van der Waals surface area (Å²) in [6.07, 6.45) is -0.914. The average Bonchev–Trinajstić information content (AvgIpc) is 3.41. The van der Waals surface area contributed by atoms with Crippen LogP contribution >= 0.6 is 46.4 Å². The minimum Gasteiger partial charge on any atom is -0.481 e. The van der Waals surface area contributed by atoms with Crippen molar-refractivity contribution in [2.45, 2.75) is 30.5 Å². The van der Waals surface area contributed by atoms with E-state index in [4.69, 9.17) is 46.4 Å². The average molecular weight is 645 g/mol. The summed E-state index contributed by atoms with van der Waals surface area (Å²) in [4.78, 5) is 42.4. The maximum atomic E-state index is 14.9. The summed E-state index contributed by atoms with van der Waals surface area (Å²) in [5, 5.41) is 12.1. The number of carboxylic acids is 1. The number of benzene rings is 2. The molecule has 2 N–H and O–H groups in total. The molecule has 0 bridgehead atoms. The van der Waals surface area contributed by atoms with E-state index < -0.39 is 72.4 Å². The Labute approximate surface area is 243 Å². The molecular formula is C24H17Cl4F4N3O5. The van der Waals surface area contributed by atoms with Gasteiger partial charge in [0.25, 0.3) is 11.8 Å². The number of alkyl halides is 4. The van der Waals surface area contributed by atoms with Gasteiger partial charge in [0.1, 0.15) is 11.5 Å². The van der Waals surface area contributed by atoms with Gasteiger partial charge in [-0.25, -0.2) is 8.78 Å². The molecule has 8 nitrogen and oxygen atoms in total. The number of carboxylic acid groups (broad SMARTS) is 1. The Hall–Kier alpha value is -2.51. The number of rotatable bonds is 5. The number of hydrogen-bond donors (Lipinski definition) is 2. The molecule has 3 heterocycles. The second kappa shape index (κ2) is 9.80. The first-order valence-electron chi connectivity index (χ1n) is 11.5. The molecular weight excluding hydrogens is 628 g/mol. The smallest absolute Gasteiger partial charge is 0.387 e. The predicted octanol–water partition coefficient (Wildman–Crippen LogP) is 5.75. The third-order valence-electron chi connectivity index (χ3n) is 7.50. The molecule has 0 unspecified atom stereocenters. The lowest BCUT2D eigenvalue weighted by atomic mass is 9.73. The molecule has 2 fully saturated rings. The Kier molecular flexibility index (Phi) is 7.10. The van der Waals surface area contributed by atoms with Crippen molar-refractivity contribution >= 4 is 75.6 Å². The number of aliphatic carboxylic acids is 1. The number of halogens is 8. The Morgan fingerprint density at radius 3 is 2.33 bits per heavy atom. The van der Waals surface area contributed by atoms with Gasteiger partial charge < -0.3 is 20.1 Å². The summed E-state index contributed by atoms with van der Waals surface area (Å²) in [7, 11) is 1.20. The summed E-state index contributed by atoms with van der Waals surface area (Å²) in [6, 6.07) is 3.31. The van der Waals surface area contributed by atoms with Crippen LogP contribution < -0.4 is 15.0 Å². The fraction of sp³-hybridized carbons (Fsp3) is 0.375. The molecule has 1 spiro atoms. The second-order valence-electron chi connectivity index (χ2n) is 9.64. The number of nitrogens with one attached hydrogen (secondary N) is 1. The van der Waals surface area contributed by atoms with Crippen LogP contribution in [0.15, 0.2) is 24.3 Å². The predicted molar refractivity (Wildman–Crippen MR) is 138 cm³/mol. The molecule has 3 aliphatic heterocycles. The zero-order valence-electron chi connectivity index (χ0n) is 20.0. The van der Waals surface area contributed by atoms with E-state index in [-0.39, 0.29) is 37.0 Å². The van der Waals surface area contributed by atoms with Gasteiger partial charge in [-0.05, 0) is 24.3 Å². The van der Waals surface area contributed by atoms with Gasteiger partial charge >= 0.3 is 12.6 Å². The van der Waals surface area contributed by atoms with Crippen LogP contribution in [0.3, 0.4) is 0 Å². The Balaban J connectivity index is 1.65. The van der Waals surface area contributed by atoms with Crippen LogP contribution in [0.2, 0.25) is 20.1 Å². The number of nitrogens with zero attached hydrogens (tertiary/aromatic N) is 2. The summed E-state index contributed by atoms with van der Waals surface area (Å²) in [5.74, 6) is -11.0. The molecule has 40 heavy (non-hydrogen) atoms. The first-order chi connectivity index (χ1) is 18.6. The van der Waals surface area contributed by atoms with E-state index in [1.54, 1.807) is 0 Å². The van der Waals surface area contributed by atoms with Gasteiger partial charge in [-0.15, -0.1) is 0 Å². The molecule has 16 heteroatoms. The second-order valence-corrected chi connectivity index (χ2v) is 11.3. The van der Waals surface area contributed by atoms with Crippen molar-refractivity contribution in [1.82, 2.24) is 4.90 Å². The standard InChI is InChI=1S/C24H17Cl4F4N3O5/c1-34(9-4-12(27)18(13(28)5-9)40-22(29)30)19(36)15-14-6-23(31,32)7-35(14)24(16(15)20(37)38)10-2-8(25)3-11(26)17(10)33-21(24)39/h2-5,14-16,22H,6-7H2,1H3,(H,33,39)(H,37,38)/t14-,15+,16-,24+/m1/s1. The van der Waals surface area contributed by atoms with E-state index in [9.17, 15) is 37.1 Å². The van der Waals surface area contributed by atoms with Crippen molar-refractivity contribution in [2.24, 2.45) is 11.8 Å². The van der Waals surface area contributed by atoms with Gasteiger partial charge in [0.05, 0.1) is 33.2 Å². The fourth-order valence-corrected chi connectivity index (χ4v) is 7.18. The Morgan fingerprint density at radius 1 is 1.12 bits per heavy atom. The number of carbonyl (C=O) groups is 3. The van der Waals surface area contributed by atoms with Crippen LogP contribution in [0.1, 0.15) is 12.0 Å². The topological polar surface area (TPSA) is 99.2 Å². The number of carbonyl (C=O) groups excluding carboxylic acids is 2. The van der Waals surface area contributed by atoms with E-state index in [0.29, 0.717) is 0 Å². The Bertz CT molecular complexity index is 1440. The minimum atomic E-state index is -3.37. The number of anilines is 2. The number of fused-ring (bicyclic) bond motifs is 4. The molecule has 0 aliphatic carbocycles. The minimum absolute atomic E-state index is 0.00548. The SMILES string of the molecule is CN(C(=O)[C@H]1[C@H]2CC(F)(F)CN2[C@]2(C(=O)Nc3c(Cl)cc(Cl)cc32)[C@H]1C(=O)O)c1cc(Cl)c(OC(F)F)c(Cl)c1. The van der Waals surface area contributed by atoms with E-state index in [1.807, 2.05) is 0 Å². The van der Waals surface area contributed by atoms with Crippen LogP contribution in [0.4, 0.5) is 28.9 Å². The van der Waals surface area contributed by atoms with Gasteiger partial charge in [-0.3, -0.25) is 19.3 Å². The lowest BCUT2D eigenvalue weighted by molar-refractivity contribution is -0.153. The van der Waals surface area contributed by atoms with Crippen molar-refractivity contribution in [3.8, 4) is 5.75 Å². The zero-order valence-corrected chi connectivity index (χ0v) is 23.1. The highest BCUT2D eigenvalue weighted by Crippen LogP contribution is 2.61. The summed E-state index contributed by atoms with van der Waals surface area (Å²) >= 11 is 24.5. The van der Waals surface area contributed by atoms with Crippen molar-refractivity contribution in [3.05, 3.63) is 49.9 Å². The molecule has 0 aromatic heterocycles. The summed E-state index contributed by atoms with van der Waals surface area (Å²) in [6.45, 7) is -4.26. The van der Waals surface area contributed by atoms with Crippen molar-refractivity contribution in [1.29, 1.82) is 0 Å². The molecule has 5 rings (SSSR count). The fourth-order valence-electron chi connectivity index (χ4n) is 6.07. The number of amides is 2. The molecule has 0 radical (unpaired) electrons. The maximum absolute atomic E-state index is 14.9. The molecule has 2 saturated heterocycles. The van der Waals surface area contributed by atoms with Crippen molar-refractivity contribution < 1.29 is 41.8 Å². The molecule has 0 saturated carbocycles. The van der Waals surface area contributed by atoms with E-state index in [2.05, 4.69) is 10.1 Å². The van der Waals surface area contributed by atoms with E-state index >= 15 is 0 Å². The van der Waals surface area contributed by atoms with Crippen LogP contribution in [-0.4, -0.2) is 60.0 Å².